The maximum atomic E-state index is 14.4. The second-order valence-corrected chi connectivity index (χ2v) is 8.72. The molecule has 0 bridgehead atoms. The summed E-state index contributed by atoms with van der Waals surface area (Å²) in [7, 11) is -1.69. The minimum absolute atomic E-state index is 0.0519. The summed E-state index contributed by atoms with van der Waals surface area (Å²) in [6.07, 6.45) is 1.81. The number of thiophene rings is 1. The third-order valence-electron chi connectivity index (χ3n) is 4.76. The van der Waals surface area contributed by atoms with Crippen molar-refractivity contribution in [3.8, 4) is 0 Å². The normalized spacial score (nSPS) is 15.0. The van der Waals surface area contributed by atoms with Crippen LogP contribution in [-0.4, -0.2) is 23.2 Å². The van der Waals surface area contributed by atoms with Crippen LogP contribution in [0.2, 0.25) is 0 Å². The summed E-state index contributed by atoms with van der Waals surface area (Å²) < 4.78 is 35.1. The number of fused-ring (bicyclic) bond motifs is 1. The number of anilines is 1. The molecule has 0 radical (unpaired) electrons. The molecule has 3 aromatic rings. The standard InChI is InChI=1S/C19H19FN2O3S2/c1-3-12-10-26-11(2)18(12)27(24)21-19(23)17-9-14-15(20)7-13(8-16(14)25-17)22-5-4-6-22/h7-10H,3-6H2,1-2H3,(H,21,23). The molecular weight excluding hydrogens is 387 g/mol. The third-order valence-corrected chi connectivity index (χ3v) is 7.16. The minimum atomic E-state index is -1.69. The molecule has 0 saturated carbocycles. The summed E-state index contributed by atoms with van der Waals surface area (Å²) >= 11 is 1.50. The van der Waals surface area contributed by atoms with E-state index in [9.17, 15) is 13.4 Å². The first-order valence-electron chi connectivity index (χ1n) is 8.75. The van der Waals surface area contributed by atoms with Gasteiger partial charge in [-0.2, -0.15) is 0 Å². The molecule has 1 amide bonds. The van der Waals surface area contributed by atoms with Crippen molar-refractivity contribution in [1.29, 1.82) is 0 Å². The van der Waals surface area contributed by atoms with E-state index in [2.05, 4.69) is 4.72 Å². The second kappa shape index (κ2) is 7.09. The third kappa shape index (κ3) is 3.27. The highest BCUT2D eigenvalue weighted by Gasteiger charge is 2.22. The summed E-state index contributed by atoms with van der Waals surface area (Å²) in [5.74, 6) is -1.11. The van der Waals surface area contributed by atoms with Gasteiger partial charge >= 0.3 is 0 Å². The van der Waals surface area contributed by atoms with Crippen molar-refractivity contribution in [1.82, 2.24) is 4.72 Å². The Morgan fingerprint density at radius 1 is 1.37 bits per heavy atom. The van der Waals surface area contributed by atoms with Crippen molar-refractivity contribution < 1.29 is 17.8 Å². The van der Waals surface area contributed by atoms with Gasteiger partial charge in [-0.15, -0.1) is 11.3 Å². The summed E-state index contributed by atoms with van der Waals surface area (Å²) in [6, 6.07) is 4.56. The molecule has 27 heavy (non-hydrogen) atoms. The number of carbonyl (C=O) groups is 1. The summed E-state index contributed by atoms with van der Waals surface area (Å²) in [6.45, 7) is 5.62. The van der Waals surface area contributed by atoms with E-state index in [1.807, 2.05) is 24.1 Å². The van der Waals surface area contributed by atoms with Crippen molar-refractivity contribution >= 4 is 44.9 Å². The van der Waals surface area contributed by atoms with E-state index >= 15 is 0 Å². The number of amides is 1. The first kappa shape index (κ1) is 18.2. The minimum Gasteiger partial charge on any atom is -0.451 e. The maximum absolute atomic E-state index is 14.4. The lowest BCUT2D eigenvalue weighted by atomic mass is 10.1. The highest BCUT2D eigenvalue weighted by molar-refractivity contribution is 7.84. The summed E-state index contributed by atoms with van der Waals surface area (Å²) in [5.41, 5.74) is 2.01. The van der Waals surface area contributed by atoms with Crippen molar-refractivity contribution in [2.24, 2.45) is 0 Å². The zero-order valence-electron chi connectivity index (χ0n) is 15.0. The van der Waals surface area contributed by atoms with Crippen LogP contribution in [0.4, 0.5) is 10.1 Å². The Labute approximate surface area is 162 Å². The Balaban J connectivity index is 1.60. The van der Waals surface area contributed by atoms with E-state index in [0.717, 1.165) is 42.1 Å². The van der Waals surface area contributed by atoms with Crippen LogP contribution >= 0.6 is 11.3 Å². The lowest BCUT2D eigenvalue weighted by Gasteiger charge is -2.33. The highest BCUT2D eigenvalue weighted by atomic mass is 32.2. The fourth-order valence-corrected chi connectivity index (χ4v) is 5.48. The highest BCUT2D eigenvalue weighted by Crippen LogP contribution is 2.30. The van der Waals surface area contributed by atoms with Gasteiger partial charge in [0.05, 0.1) is 10.3 Å². The SMILES string of the molecule is CCc1csc(C)c1S(=O)NC(=O)c1cc2c(F)cc(N3CCC3)cc2o1. The molecule has 4 rings (SSSR count). The Kier molecular flexibility index (Phi) is 4.77. The molecule has 142 valence electrons. The number of furan rings is 1. The first-order valence-corrected chi connectivity index (χ1v) is 10.8. The fraction of sp³-hybridized carbons (Fsp3) is 0.316. The van der Waals surface area contributed by atoms with Crippen LogP contribution in [0.5, 0.6) is 0 Å². The molecule has 1 unspecified atom stereocenters. The second-order valence-electron chi connectivity index (χ2n) is 6.49. The zero-order chi connectivity index (χ0) is 19.1. The van der Waals surface area contributed by atoms with Crippen LogP contribution in [0.3, 0.4) is 0 Å². The molecule has 1 aliphatic heterocycles. The Bertz CT molecular complexity index is 1050. The molecule has 5 nitrogen and oxygen atoms in total. The van der Waals surface area contributed by atoms with E-state index in [1.54, 1.807) is 6.07 Å². The van der Waals surface area contributed by atoms with Gasteiger partial charge in [-0.05, 0) is 36.8 Å². The van der Waals surface area contributed by atoms with E-state index in [-0.39, 0.29) is 11.1 Å². The number of halogens is 1. The lowest BCUT2D eigenvalue weighted by molar-refractivity contribution is 0.0958. The van der Waals surface area contributed by atoms with Gasteiger partial charge in [-0.3, -0.25) is 9.52 Å². The molecule has 1 saturated heterocycles. The van der Waals surface area contributed by atoms with E-state index in [0.29, 0.717) is 10.5 Å². The molecule has 1 aromatic carbocycles. The number of aryl methyl sites for hydroxylation is 2. The number of nitrogens with zero attached hydrogens (tertiary/aromatic N) is 1. The average Bonchev–Trinajstić information content (AvgIpc) is 3.17. The molecule has 3 heterocycles. The number of hydrogen-bond acceptors (Lipinski definition) is 5. The van der Waals surface area contributed by atoms with Crippen LogP contribution < -0.4 is 9.62 Å². The van der Waals surface area contributed by atoms with Gasteiger partial charge in [0, 0.05) is 35.8 Å². The van der Waals surface area contributed by atoms with Gasteiger partial charge in [0.1, 0.15) is 11.4 Å². The topological polar surface area (TPSA) is 62.6 Å². The number of hydrogen-bond donors (Lipinski definition) is 1. The van der Waals surface area contributed by atoms with Gasteiger partial charge in [-0.25, -0.2) is 8.60 Å². The van der Waals surface area contributed by atoms with Crippen molar-refractivity contribution in [2.75, 3.05) is 18.0 Å². The molecule has 2 aromatic heterocycles. The lowest BCUT2D eigenvalue weighted by Crippen LogP contribution is -2.36. The largest absolute Gasteiger partial charge is 0.451 e. The van der Waals surface area contributed by atoms with E-state index in [1.165, 1.54) is 23.5 Å². The van der Waals surface area contributed by atoms with Gasteiger partial charge in [0.15, 0.2) is 16.7 Å². The van der Waals surface area contributed by atoms with Crippen molar-refractivity contribution in [2.45, 2.75) is 31.6 Å². The fourth-order valence-electron chi connectivity index (χ4n) is 3.12. The molecule has 0 spiro atoms. The monoisotopic (exact) mass is 406 g/mol. The predicted molar refractivity (Wildman–Crippen MR) is 105 cm³/mol. The van der Waals surface area contributed by atoms with Crippen LogP contribution in [0.1, 0.15) is 34.3 Å². The van der Waals surface area contributed by atoms with Gasteiger partial charge < -0.3 is 9.32 Å². The van der Waals surface area contributed by atoms with Gasteiger partial charge in [0.25, 0.3) is 5.91 Å². The van der Waals surface area contributed by atoms with E-state index in [4.69, 9.17) is 4.42 Å². The Morgan fingerprint density at radius 3 is 2.81 bits per heavy atom. The predicted octanol–water partition coefficient (Wildman–Crippen LogP) is 4.17. The number of rotatable bonds is 5. The molecule has 1 N–H and O–H groups in total. The number of nitrogens with one attached hydrogen (secondary N) is 1. The molecule has 1 fully saturated rings. The number of benzene rings is 1. The zero-order valence-corrected chi connectivity index (χ0v) is 16.6. The smallest absolute Gasteiger partial charge is 0.298 e. The first-order chi connectivity index (χ1) is 13.0. The Hall–Kier alpha value is -2.19. The van der Waals surface area contributed by atoms with Crippen molar-refractivity contribution in [3.63, 3.8) is 0 Å². The summed E-state index contributed by atoms with van der Waals surface area (Å²) in [4.78, 5) is 16.1. The van der Waals surface area contributed by atoms with Crippen LogP contribution in [0.25, 0.3) is 11.0 Å². The quantitative estimate of drug-likeness (QED) is 0.691. The molecule has 1 aliphatic rings. The average molecular weight is 407 g/mol. The molecular formula is C19H19FN2O3S2. The number of carbonyl (C=O) groups excluding carboxylic acids is 1. The van der Waals surface area contributed by atoms with Gasteiger partial charge in [0.2, 0.25) is 0 Å². The van der Waals surface area contributed by atoms with Crippen LogP contribution in [-0.2, 0) is 17.4 Å². The van der Waals surface area contributed by atoms with Gasteiger partial charge in [-0.1, -0.05) is 6.92 Å². The van der Waals surface area contributed by atoms with E-state index < -0.39 is 22.7 Å². The molecule has 0 aliphatic carbocycles. The molecule has 1 atom stereocenters. The van der Waals surface area contributed by atoms with Crippen LogP contribution in [0.15, 0.2) is 32.9 Å². The molecule has 8 heteroatoms. The summed E-state index contributed by atoms with van der Waals surface area (Å²) in [5, 5.41) is 2.19. The van der Waals surface area contributed by atoms with Crippen molar-refractivity contribution in [3.05, 3.63) is 45.6 Å². The maximum Gasteiger partial charge on any atom is 0.298 e. The van der Waals surface area contributed by atoms with Crippen LogP contribution in [0, 0.1) is 12.7 Å². The Morgan fingerprint density at radius 2 is 2.15 bits per heavy atom.